The van der Waals surface area contributed by atoms with E-state index in [1.165, 1.54) is 4.90 Å². The normalized spacial score (nSPS) is 16.7. The first-order valence-corrected chi connectivity index (χ1v) is 12.5. The molecule has 0 radical (unpaired) electrons. The van der Waals surface area contributed by atoms with E-state index in [9.17, 15) is 19.5 Å². The van der Waals surface area contributed by atoms with Crippen molar-refractivity contribution >= 4 is 17.9 Å². The molecule has 196 valence electrons. The molecule has 2 unspecified atom stereocenters. The number of hydrogen-bond acceptors (Lipinski definition) is 5. The number of rotatable bonds is 7. The fourth-order valence-corrected chi connectivity index (χ4v) is 4.47. The number of nitrogens with zero attached hydrogens (tertiary/aromatic N) is 1. The Bertz CT molecular complexity index is 882. The number of alkyl carbamates (subject to hydrolysis) is 1. The lowest BCUT2D eigenvalue weighted by Crippen LogP contribution is -2.60. The predicted molar refractivity (Wildman–Crippen MR) is 136 cm³/mol. The summed E-state index contributed by atoms with van der Waals surface area (Å²) in [6.45, 7) is 11.9. The maximum absolute atomic E-state index is 13.9. The highest BCUT2D eigenvalue weighted by Crippen LogP contribution is 2.32. The van der Waals surface area contributed by atoms with Gasteiger partial charge >= 0.3 is 6.09 Å². The monoisotopic (exact) mass is 489 g/mol. The third-order valence-electron chi connectivity index (χ3n) is 6.07. The number of nitrogens with one attached hydrogen (secondary N) is 2. The molecule has 0 aromatic heterocycles. The van der Waals surface area contributed by atoms with Crippen molar-refractivity contribution in [3.63, 3.8) is 0 Å². The number of amides is 3. The Kier molecular flexibility index (Phi) is 9.72. The molecular formula is C27H43N3O5. The largest absolute Gasteiger partial charge is 0.444 e. The number of aryl methyl sites for hydroxylation is 1. The van der Waals surface area contributed by atoms with Crippen LogP contribution in [0.1, 0.15) is 90.8 Å². The van der Waals surface area contributed by atoms with E-state index in [0.29, 0.717) is 5.56 Å². The van der Waals surface area contributed by atoms with Crippen molar-refractivity contribution in [3.8, 4) is 0 Å². The van der Waals surface area contributed by atoms with Crippen LogP contribution in [0.3, 0.4) is 0 Å². The number of aliphatic hydroxyl groups is 1. The topological polar surface area (TPSA) is 108 Å². The van der Waals surface area contributed by atoms with Gasteiger partial charge in [0.25, 0.3) is 0 Å². The summed E-state index contributed by atoms with van der Waals surface area (Å²) in [6, 6.07) is 5.35. The van der Waals surface area contributed by atoms with Gasteiger partial charge in [-0.05, 0) is 72.4 Å². The van der Waals surface area contributed by atoms with Gasteiger partial charge in [-0.25, -0.2) is 4.79 Å². The van der Waals surface area contributed by atoms with E-state index in [4.69, 9.17) is 4.74 Å². The lowest BCUT2D eigenvalue weighted by atomic mass is 9.91. The minimum Gasteiger partial charge on any atom is -0.444 e. The smallest absolute Gasteiger partial charge is 0.408 e. The summed E-state index contributed by atoms with van der Waals surface area (Å²) >= 11 is 0. The molecule has 3 N–H and O–H groups in total. The Labute approximate surface area is 209 Å². The van der Waals surface area contributed by atoms with Gasteiger partial charge in [0.2, 0.25) is 11.8 Å². The van der Waals surface area contributed by atoms with E-state index in [2.05, 4.69) is 10.6 Å². The molecule has 8 nitrogen and oxygen atoms in total. The zero-order valence-corrected chi connectivity index (χ0v) is 22.3. The number of carbonyl (C=O) groups excluding carboxylic acids is 3. The van der Waals surface area contributed by atoms with Crippen molar-refractivity contribution in [1.82, 2.24) is 15.5 Å². The molecule has 1 aromatic rings. The van der Waals surface area contributed by atoms with Crippen LogP contribution in [0.5, 0.6) is 0 Å². The summed E-state index contributed by atoms with van der Waals surface area (Å²) in [6.07, 6.45) is 4.31. The highest BCUT2D eigenvalue weighted by Gasteiger charge is 2.42. The third kappa shape index (κ3) is 8.23. The van der Waals surface area contributed by atoms with Gasteiger partial charge < -0.3 is 25.4 Å². The molecule has 3 amide bonds. The SMILES string of the molecule is Cc1ccccc1C(C(=O)NC1CCCCC1)N(C(=O)C(CO)NC(=O)OC(C)(C)C)C(C)(C)C. The number of aliphatic hydroxyl groups excluding tert-OH is 1. The molecule has 8 heteroatoms. The average Bonchev–Trinajstić information content (AvgIpc) is 2.74. The zero-order chi connectivity index (χ0) is 26.4. The zero-order valence-electron chi connectivity index (χ0n) is 22.3. The van der Waals surface area contributed by atoms with E-state index >= 15 is 0 Å². The minimum absolute atomic E-state index is 0.0632. The molecular weight excluding hydrogens is 446 g/mol. The van der Waals surface area contributed by atoms with Gasteiger partial charge in [-0.3, -0.25) is 9.59 Å². The van der Waals surface area contributed by atoms with Crippen molar-refractivity contribution < 1.29 is 24.2 Å². The van der Waals surface area contributed by atoms with Gasteiger partial charge in [0.05, 0.1) is 6.61 Å². The first-order chi connectivity index (χ1) is 16.2. The van der Waals surface area contributed by atoms with Crippen molar-refractivity contribution in [1.29, 1.82) is 0 Å². The molecule has 0 saturated heterocycles. The van der Waals surface area contributed by atoms with Crippen molar-refractivity contribution in [3.05, 3.63) is 35.4 Å². The van der Waals surface area contributed by atoms with Gasteiger partial charge in [-0.2, -0.15) is 0 Å². The molecule has 0 heterocycles. The van der Waals surface area contributed by atoms with Crippen molar-refractivity contribution in [2.45, 2.75) is 110 Å². The molecule has 0 spiro atoms. The van der Waals surface area contributed by atoms with Gasteiger partial charge in [0.15, 0.2) is 0 Å². The van der Waals surface area contributed by atoms with E-state index < -0.39 is 41.8 Å². The first-order valence-electron chi connectivity index (χ1n) is 12.5. The van der Waals surface area contributed by atoms with Crippen LogP contribution in [-0.2, 0) is 14.3 Å². The lowest BCUT2D eigenvalue weighted by molar-refractivity contribution is -0.149. The van der Waals surface area contributed by atoms with Gasteiger partial charge in [-0.15, -0.1) is 0 Å². The molecule has 1 aliphatic rings. The van der Waals surface area contributed by atoms with Crippen molar-refractivity contribution in [2.75, 3.05) is 6.61 Å². The summed E-state index contributed by atoms with van der Waals surface area (Å²) in [7, 11) is 0. The number of carbonyl (C=O) groups is 3. The van der Waals surface area contributed by atoms with E-state index in [1.54, 1.807) is 20.8 Å². The van der Waals surface area contributed by atoms with Crippen LogP contribution >= 0.6 is 0 Å². The Morgan fingerprint density at radius 2 is 1.66 bits per heavy atom. The summed E-state index contributed by atoms with van der Waals surface area (Å²) in [5, 5.41) is 15.7. The van der Waals surface area contributed by atoms with E-state index in [0.717, 1.165) is 37.7 Å². The number of hydrogen-bond donors (Lipinski definition) is 3. The maximum atomic E-state index is 13.9. The van der Waals surface area contributed by atoms with Crippen LogP contribution < -0.4 is 10.6 Å². The average molecular weight is 490 g/mol. The second-order valence-electron chi connectivity index (χ2n) is 11.4. The Morgan fingerprint density at radius 3 is 2.17 bits per heavy atom. The third-order valence-corrected chi connectivity index (χ3v) is 6.07. The molecule has 1 saturated carbocycles. The fraction of sp³-hybridized carbons (Fsp3) is 0.667. The minimum atomic E-state index is -1.27. The second kappa shape index (κ2) is 11.9. The summed E-state index contributed by atoms with van der Waals surface area (Å²) in [4.78, 5) is 41.5. The molecule has 2 rings (SSSR count). The van der Waals surface area contributed by atoms with Gasteiger partial charge in [-0.1, -0.05) is 43.5 Å². The first kappa shape index (κ1) is 28.6. The summed E-state index contributed by atoms with van der Waals surface area (Å²) < 4.78 is 5.29. The standard InChI is InChI=1S/C27H43N3O5/c1-18-13-11-12-16-20(18)22(23(32)28-19-14-9-8-10-15-19)30(26(2,3)4)24(33)21(17-31)29-25(34)35-27(5,6)7/h11-13,16,19,21-22,31H,8-10,14-15,17H2,1-7H3,(H,28,32)(H,29,34). The van der Waals surface area contributed by atoms with Gasteiger partial charge in [0.1, 0.15) is 17.7 Å². The van der Waals surface area contributed by atoms with E-state index in [1.807, 2.05) is 52.0 Å². The van der Waals surface area contributed by atoms with Crippen LogP contribution in [0.25, 0.3) is 0 Å². The fourth-order valence-electron chi connectivity index (χ4n) is 4.47. The number of ether oxygens (including phenoxy) is 1. The van der Waals surface area contributed by atoms with E-state index in [-0.39, 0.29) is 11.9 Å². The molecule has 2 atom stereocenters. The molecule has 0 bridgehead atoms. The highest BCUT2D eigenvalue weighted by molar-refractivity contribution is 5.93. The van der Waals surface area contributed by atoms with Crippen LogP contribution in [-0.4, -0.2) is 57.7 Å². The molecule has 1 aliphatic carbocycles. The summed E-state index contributed by atoms with van der Waals surface area (Å²) in [5.41, 5.74) is 0.0224. The Balaban J connectivity index is 2.46. The lowest BCUT2D eigenvalue weighted by Gasteiger charge is -2.43. The van der Waals surface area contributed by atoms with Crippen molar-refractivity contribution in [2.24, 2.45) is 0 Å². The van der Waals surface area contributed by atoms with Gasteiger partial charge in [0, 0.05) is 11.6 Å². The molecule has 1 fully saturated rings. The number of benzene rings is 1. The second-order valence-corrected chi connectivity index (χ2v) is 11.4. The van der Waals surface area contributed by atoms with Crippen LogP contribution in [0.4, 0.5) is 4.79 Å². The highest BCUT2D eigenvalue weighted by atomic mass is 16.6. The van der Waals surface area contributed by atoms with Crippen LogP contribution in [0.15, 0.2) is 24.3 Å². The molecule has 35 heavy (non-hydrogen) atoms. The molecule has 0 aliphatic heterocycles. The Hall–Kier alpha value is -2.61. The maximum Gasteiger partial charge on any atom is 0.408 e. The predicted octanol–water partition coefficient (Wildman–Crippen LogP) is 4.00. The summed E-state index contributed by atoms with van der Waals surface area (Å²) in [5.74, 6) is -0.818. The van der Waals surface area contributed by atoms with Crippen LogP contribution in [0.2, 0.25) is 0 Å². The van der Waals surface area contributed by atoms with Crippen LogP contribution in [0, 0.1) is 6.92 Å². The quantitative estimate of drug-likeness (QED) is 0.537. The Morgan fingerprint density at radius 1 is 1.06 bits per heavy atom. The molecule has 1 aromatic carbocycles.